The number of rotatable bonds is 8. The van der Waals surface area contributed by atoms with E-state index in [2.05, 4.69) is 20.9 Å². The fourth-order valence-electron chi connectivity index (χ4n) is 3.38. The molecule has 0 fully saturated rings. The summed E-state index contributed by atoms with van der Waals surface area (Å²) in [5.41, 5.74) is 1.04. The highest BCUT2D eigenvalue weighted by atomic mass is 19.4. The summed E-state index contributed by atoms with van der Waals surface area (Å²) in [7, 11) is 1.51. The van der Waals surface area contributed by atoms with Gasteiger partial charge in [0.1, 0.15) is 29.5 Å². The first-order chi connectivity index (χ1) is 18.7. The van der Waals surface area contributed by atoms with E-state index in [1.807, 2.05) is 0 Å². The summed E-state index contributed by atoms with van der Waals surface area (Å²) in [4.78, 5) is 28.2. The highest BCUT2D eigenvalue weighted by Crippen LogP contribution is 2.29. The smallest absolute Gasteiger partial charge is 0.416 e. The maximum atomic E-state index is 12.7. The minimum atomic E-state index is -4.39. The van der Waals surface area contributed by atoms with E-state index >= 15 is 0 Å². The molecule has 0 bridgehead atoms. The molecule has 1 aromatic heterocycles. The Morgan fingerprint density at radius 2 is 1.54 bits per heavy atom. The van der Waals surface area contributed by atoms with Crippen LogP contribution in [0.5, 0.6) is 17.2 Å². The highest BCUT2D eigenvalue weighted by Gasteiger charge is 2.29. The molecule has 0 aliphatic heterocycles. The average molecular weight is 537 g/mol. The molecular weight excluding hydrogens is 513 g/mol. The molecule has 0 saturated heterocycles. The minimum Gasteiger partial charge on any atom is -0.489 e. The number of nitrogens with zero attached hydrogens (tertiary/aromatic N) is 1. The van der Waals surface area contributed by atoms with Gasteiger partial charge in [0.25, 0.3) is 5.91 Å². The van der Waals surface area contributed by atoms with E-state index in [-0.39, 0.29) is 18.2 Å². The van der Waals surface area contributed by atoms with Crippen LogP contribution in [0.4, 0.5) is 29.3 Å². The number of halogens is 3. The lowest BCUT2D eigenvalue weighted by atomic mass is 10.1. The second kappa shape index (κ2) is 12.0. The number of urea groups is 1. The summed E-state index contributed by atoms with van der Waals surface area (Å²) < 4.78 is 49.5. The van der Waals surface area contributed by atoms with Crippen LogP contribution in [0.25, 0.3) is 0 Å². The quantitative estimate of drug-likeness (QED) is 0.239. The maximum Gasteiger partial charge on any atom is 0.416 e. The molecule has 4 aromatic rings. The fraction of sp³-hybridized carbons (Fsp3) is 0.107. The van der Waals surface area contributed by atoms with Gasteiger partial charge in [0, 0.05) is 36.8 Å². The van der Waals surface area contributed by atoms with Gasteiger partial charge in [0.2, 0.25) is 0 Å². The van der Waals surface area contributed by atoms with Crippen molar-refractivity contribution in [1.82, 2.24) is 10.3 Å². The molecule has 0 unspecified atom stereocenters. The Balaban J connectivity index is 1.29. The summed E-state index contributed by atoms with van der Waals surface area (Å²) >= 11 is 0. The van der Waals surface area contributed by atoms with Crippen molar-refractivity contribution >= 4 is 23.3 Å². The van der Waals surface area contributed by atoms with Crippen molar-refractivity contribution in [3.05, 3.63) is 108 Å². The third-order valence-electron chi connectivity index (χ3n) is 5.32. The lowest BCUT2D eigenvalue weighted by Crippen LogP contribution is -2.19. The van der Waals surface area contributed by atoms with Crippen molar-refractivity contribution in [3.8, 4) is 17.2 Å². The molecule has 3 N–H and O–H groups in total. The molecule has 0 atom stereocenters. The zero-order valence-corrected chi connectivity index (χ0v) is 20.6. The lowest BCUT2D eigenvalue weighted by molar-refractivity contribution is -0.137. The molecule has 0 aliphatic rings. The van der Waals surface area contributed by atoms with E-state index < -0.39 is 17.8 Å². The average Bonchev–Trinajstić information content (AvgIpc) is 2.92. The largest absolute Gasteiger partial charge is 0.489 e. The van der Waals surface area contributed by atoms with Gasteiger partial charge in [-0.15, -0.1) is 0 Å². The van der Waals surface area contributed by atoms with E-state index in [0.717, 1.165) is 12.1 Å². The number of carbonyl (C=O) groups excluding carboxylic acids is 2. The SMILES string of the molecule is CNC(=O)c1cc(Oc2ccc(NC(=O)Nc3cccc(OCc4ccc(C(F)(F)F)cc4)c3)cc2)ccn1. The Kier molecular flexibility index (Phi) is 8.30. The Bertz CT molecular complexity index is 1440. The number of benzene rings is 3. The number of ether oxygens (including phenoxy) is 2. The predicted molar refractivity (Wildman–Crippen MR) is 139 cm³/mol. The van der Waals surface area contributed by atoms with Crippen molar-refractivity contribution in [2.24, 2.45) is 0 Å². The first kappa shape index (κ1) is 27.0. The van der Waals surface area contributed by atoms with Gasteiger partial charge in [0.05, 0.1) is 5.56 Å². The third kappa shape index (κ3) is 7.71. The van der Waals surface area contributed by atoms with E-state index in [9.17, 15) is 22.8 Å². The molecule has 200 valence electrons. The number of alkyl halides is 3. The second-order valence-corrected chi connectivity index (χ2v) is 8.17. The van der Waals surface area contributed by atoms with Crippen LogP contribution in [0.15, 0.2) is 91.1 Å². The van der Waals surface area contributed by atoms with Gasteiger partial charge in [-0.05, 0) is 60.2 Å². The predicted octanol–water partition coefficient (Wildman–Crippen LogP) is 6.48. The number of amides is 3. The number of aromatic nitrogens is 1. The summed E-state index contributed by atoms with van der Waals surface area (Å²) in [5.74, 6) is 1.03. The molecule has 8 nitrogen and oxygen atoms in total. The van der Waals surface area contributed by atoms with Gasteiger partial charge in [0.15, 0.2) is 0 Å². The van der Waals surface area contributed by atoms with Gasteiger partial charge in [-0.2, -0.15) is 13.2 Å². The van der Waals surface area contributed by atoms with Gasteiger partial charge in [-0.3, -0.25) is 9.78 Å². The van der Waals surface area contributed by atoms with Crippen LogP contribution in [0.3, 0.4) is 0 Å². The van der Waals surface area contributed by atoms with Crippen LogP contribution in [-0.4, -0.2) is 24.0 Å². The van der Waals surface area contributed by atoms with Crippen LogP contribution in [0, 0.1) is 0 Å². The Morgan fingerprint density at radius 1 is 0.821 bits per heavy atom. The van der Waals surface area contributed by atoms with Crippen molar-refractivity contribution in [2.75, 3.05) is 17.7 Å². The Morgan fingerprint density at radius 3 is 2.23 bits per heavy atom. The van der Waals surface area contributed by atoms with Gasteiger partial charge in [-0.25, -0.2) is 4.79 Å². The molecule has 0 saturated carbocycles. The molecule has 39 heavy (non-hydrogen) atoms. The van der Waals surface area contributed by atoms with Crippen LogP contribution in [0.2, 0.25) is 0 Å². The topological polar surface area (TPSA) is 102 Å². The monoisotopic (exact) mass is 536 g/mol. The third-order valence-corrected chi connectivity index (χ3v) is 5.32. The zero-order chi connectivity index (χ0) is 27.8. The number of hydrogen-bond acceptors (Lipinski definition) is 5. The zero-order valence-electron chi connectivity index (χ0n) is 20.6. The van der Waals surface area contributed by atoms with Crippen LogP contribution in [-0.2, 0) is 12.8 Å². The Labute approximate surface area is 221 Å². The molecule has 1 heterocycles. The number of carbonyl (C=O) groups is 2. The molecule has 0 spiro atoms. The van der Waals surface area contributed by atoms with Gasteiger partial charge < -0.3 is 25.4 Å². The normalized spacial score (nSPS) is 10.9. The minimum absolute atomic E-state index is 0.0643. The van der Waals surface area contributed by atoms with Crippen molar-refractivity contribution in [2.45, 2.75) is 12.8 Å². The number of anilines is 2. The first-order valence-corrected chi connectivity index (χ1v) is 11.6. The second-order valence-electron chi connectivity index (χ2n) is 8.17. The van der Waals surface area contributed by atoms with Crippen LogP contribution in [0.1, 0.15) is 21.6 Å². The summed E-state index contributed by atoms with van der Waals surface area (Å²) in [5, 5.41) is 7.90. The summed E-state index contributed by atoms with van der Waals surface area (Å²) in [6.07, 6.45) is -2.93. The highest BCUT2D eigenvalue weighted by molar-refractivity contribution is 5.99. The number of hydrogen-bond donors (Lipinski definition) is 3. The number of nitrogens with one attached hydrogen (secondary N) is 3. The summed E-state index contributed by atoms with van der Waals surface area (Å²) in [6, 6.07) is 20.6. The standard InChI is InChI=1S/C28H23F3N4O4/c1-32-26(36)25-16-24(13-14-33-25)39-22-11-9-20(10-12-22)34-27(37)35-21-3-2-4-23(15-21)38-17-18-5-7-19(8-6-18)28(29,30)31/h2-16H,17H2,1H3,(H,32,36)(H2,34,35,37). The molecular formula is C28H23F3N4O4. The Hall–Kier alpha value is -5.06. The van der Waals surface area contributed by atoms with E-state index in [0.29, 0.717) is 34.2 Å². The fourth-order valence-corrected chi connectivity index (χ4v) is 3.38. The van der Waals surface area contributed by atoms with Crippen LogP contribution >= 0.6 is 0 Å². The van der Waals surface area contributed by atoms with Gasteiger partial charge in [-0.1, -0.05) is 18.2 Å². The van der Waals surface area contributed by atoms with E-state index in [1.54, 1.807) is 54.6 Å². The molecule has 3 amide bonds. The van der Waals surface area contributed by atoms with E-state index in [1.165, 1.54) is 31.4 Å². The molecule has 4 rings (SSSR count). The molecule has 11 heteroatoms. The van der Waals surface area contributed by atoms with Crippen molar-refractivity contribution in [1.29, 1.82) is 0 Å². The van der Waals surface area contributed by atoms with Crippen LogP contribution < -0.4 is 25.4 Å². The molecule has 0 aliphatic carbocycles. The molecule has 0 radical (unpaired) electrons. The lowest BCUT2D eigenvalue weighted by Gasteiger charge is -2.12. The van der Waals surface area contributed by atoms with Crippen molar-refractivity contribution < 1.29 is 32.2 Å². The van der Waals surface area contributed by atoms with Gasteiger partial charge >= 0.3 is 12.2 Å². The summed E-state index contributed by atoms with van der Waals surface area (Å²) in [6.45, 7) is 0.0643. The first-order valence-electron chi connectivity index (χ1n) is 11.6. The number of pyridine rings is 1. The van der Waals surface area contributed by atoms with Crippen molar-refractivity contribution in [3.63, 3.8) is 0 Å². The van der Waals surface area contributed by atoms with E-state index in [4.69, 9.17) is 9.47 Å². The maximum absolute atomic E-state index is 12.7. The molecule has 3 aromatic carbocycles.